The summed E-state index contributed by atoms with van der Waals surface area (Å²) in [6, 6.07) is 0.634. The van der Waals surface area contributed by atoms with Crippen LogP contribution < -0.4 is 5.73 Å². The van der Waals surface area contributed by atoms with E-state index in [2.05, 4.69) is 30.8 Å². The van der Waals surface area contributed by atoms with Gasteiger partial charge in [0.1, 0.15) is 0 Å². The maximum absolute atomic E-state index is 5.91. The van der Waals surface area contributed by atoms with Gasteiger partial charge < -0.3 is 10.6 Å². The lowest BCUT2D eigenvalue weighted by molar-refractivity contribution is 0.116. The molecule has 0 aromatic carbocycles. The molecule has 1 aliphatic rings. The molecular weight excluding hydrogens is 210 g/mol. The number of unbranched alkanes of at least 4 members (excludes halogenated alkanes) is 1. The van der Waals surface area contributed by atoms with E-state index < -0.39 is 0 Å². The molecule has 3 nitrogen and oxygen atoms in total. The third kappa shape index (κ3) is 5.36. The molecule has 0 bridgehead atoms. The molecule has 1 fully saturated rings. The molecule has 0 radical (unpaired) electrons. The second-order valence-electron chi connectivity index (χ2n) is 5.77. The summed E-state index contributed by atoms with van der Waals surface area (Å²) in [7, 11) is 4.35. The van der Waals surface area contributed by atoms with Crippen LogP contribution in [0.5, 0.6) is 0 Å². The lowest BCUT2D eigenvalue weighted by Crippen LogP contribution is -2.46. The van der Waals surface area contributed by atoms with Crippen molar-refractivity contribution in [2.45, 2.75) is 45.1 Å². The van der Waals surface area contributed by atoms with E-state index in [0.717, 1.165) is 12.5 Å². The molecule has 0 aromatic heterocycles. The Bertz CT molecular complexity index is 186. The van der Waals surface area contributed by atoms with Crippen LogP contribution in [0.1, 0.15) is 39.0 Å². The van der Waals surface area contributed by atoms with Crippen LogP contribution in [0.3, 0.4) is 0 Å². The maximum Gasteiger partial charge on any atom is 0.0218 e. The zero-order valence-electron chi connectivity index (χ0n) is 12.0. The van der Waals surface area contributed by atoms with Gasteiger partial charge in [-0.3, -0.25) is 4.90 Å². The zero-order chi connectivity index (χ0) is 12.7. The lowest BCUT2D eigenvalue weighted by atomic mass is 9.94. The molecule has 0 saturated carbocycles. The molecule has 1 rings (SSSR count). The highest BCUT2D eigenvalue weighted by atomic mass is 15.2. The monoisotopic (exact) mass is 241 g/mol. The molecule has 0 amide bonds. The zero-order valence-corrected chi connectivity index (χ0v) is 12.0. The Labute approximate surface area is 107 Å². The van der Waals surface area contributed by atoms with E-state index in [1.807, 2.05) is 0 Å². The van der Waals surface area contributed by atoms with Crippen molar-refractivity contribution in [2.24, 2.45) is 11.7 Å². The Hall–Kier alpha value is -0.120. The van der Waals surface area contributed by atoms with Crippen molar-refractivity contribution >= 4 is 0 Å². The van der Waals surface area contributed by atoms with E-state index in [9.17, 15) is 0 Å². The number of nitrogens with two attached hydrogens (primary N) is 1. The van der Waals surface area contributed by atoms with Crippen molar-refractivity contribution in [2.75, 3.05) is 40.3 Å². The van der Waals surface area contributed by atoms with Crippen LogP contribution in [-0.2, 0) is 0 Å². The van der Waals surface area contributed by atoms with Gasteiger partial charge in [0.25, 0.3) is 0 Å². The van der Waals surface area contributed by atoms with Crippen LogP contribution in [-0.4, -0.2) is 56.1 Å². The fraction of sp³-hybridized carbons (Fsp3) is 1.00. The van der Waals surface area contributed by atoms with Crippen molar-refractivity contribution in [1.82, 2.24) is 9.80 Å². The Kier molecular flexibility index (Phi) is 7.09. The van der Waals surface area contributed by atoms with Crippen LogP contribution >= 0.6 is 0 Å². The third-order valence-electron chi connectivity index (χ3n) is 3.95. The summed E-state index contributed by atoms with van der Waals surface area (Å²) in [5, 5.41) is 0. The molecule has 1 atom stereocenters. The van der Waals surface area contributed by atoms with Gasteiger partial charge in [0.2, 0.25) is 0 Å². The van der Waals surface area contributed by atoms with Crippen molar-refractivity contribution in [3.8, 4) is 0 Å². The molecule has 3 heteroatoms. The lowest BCUT2D eigenvalue weighted by Gasteiger charge is -2.38. The normalized spacial score (nSPS) is 21.0. The summed E-state index contributed by atoms with van der Waals surface area (Å²) < 4.78 is 0. The molecule has 17 heavy (non-hydrogen) atoms. The van der Waals surface area contributed by atoms with Crippen molar-refractivity contribution in [3.05, 3.63) is 0 Å². The van der Waals surface area contributed by atoms with Crippen molar-refractivity contribution < 1.29 is 0 Å². The SMILES string of the molecule is CCCCC(CN)N1CCC(CN(C)C)CC1. The molecule has 1 unspecified atom stereocenters. The minimum atomic E-state index is 0.634. The molecule has 102 valence electrons. The summed E-state index contributed by atoms with van der Waals surface area (Å²) in [5.41, 5.74) is 5.91. The number of likely N-dealkylation sites (tertiary alicyclic amines) is 1. The van der Waals surface area contributed by atoms with E-state index in [1.54, 1.807) is 0 Å². The first-order valence-electron chi connectivity index (χ1n) is 7.26. The fourth-order valence-electron chi connectivity index (χ4n) is 2.91. The summed E-state index contributed by atoms with van der Waals surface area (Å²) in [5.74, 6) is 0.894. The van der Waals surface area contributed by atoms with E-state index in [1.165, 1.54) is 51.7 Å². The first kappa shape index (κ1) is 14.9. The largest absolute Gasteiger partial charge is 0.329 e. The van der Waals surface area contributed by atoms with E-state index in [-0.39, 0.29) is 0 Å². The Morgan fingerprint density at radius 1 is 1.29 bits per heavy atom. The van der Waals surface area contributed by atoms with Crippen LogP contribution in [0.15, 0.2) is 0 Å². The van der Waals surface area contributed by atoms with E-state index >= 15 is 0 Å². The van der Waals surface area contributed by atoms with Gasteiger partial charge in [-0.25, -0.2) is 0 Å². The summed E-state index contributed by atoms with van der Waals surface area (Å²) in [6.07, 6.45) is 6.58. The van der Waals surface area contributed by atoms with Crippen molar-refractivity contribution in [1.29, 1.82) is 0 Å². The Balaban J connectivity index is 2.28. The quantitative estimate of drug-likeness (QED) is 0.737. The summed E-state index contributed by atoms with van der Waals surface area (Å²) in [4.78, 5) is 4.94. The Morgan fingerprint density at radius 2 is 1.94 bits per heavy atom. The predicted octanol–water partition coefficient (Wildman–Crippen LogP) is 1.78. The summed E-state index contributed by atoms with van der Waals surface area (Å²) in [6.45, 7) is 6.85. The van der Waals surface area contributed by atoms with Gasteiger partial charge in [0, 0.05) is 19.1 Å². The van der Waals surface area contributed by atoms with Gasteiger partial charge in [0.15, 0.2) is 0 Å². The number of hydrogen-bond donors (Lipinski definition) is 1. The van der Waals surface area contributed by atoms with E-state index in [0.29, 0.717) is 6.04 Å². The smallest absolute Gasteiger partial charge is 0.0218 e. The molecule has 0 spiro atoms. The van der Waals surface area contributed by atoms with Gasteiger partial charge >= 0.3 is 0 Å². The average Bonchev–Trinajstić information content (AvgIpc) is 2.31. The molecule has 0 aliphatic carbocycles. The maximum atomic E-state index is 5.91. The number of rotatable bonds is 7. The first-order chi connectivity index (χ1) is 8.17. The van der Waals surface area contributed by atoms with Gasteiger partial charge in [-0.1, -0.05) is 19.8 Å². The van der Waals surface area contributed by atoms with Crippen LogP contribution in [0.2, 0.25) is 0 Å². The van der Waals surface area contributed by atoms with Gasteiger partial charge in [-0.15, -0.1) is 0 Å². The summed E-state index contributed by atoms with van der Waals surface area (Å²) >= 11 is 0. The van der Waals surface area contributed by atoms with E-state index in [4.69, 9.17) is 5.73 Å². The predicted molar refractivity (Wildman–Crippen MR) is 75.2 cm³/mol. The highest BCUT2D eigenvalue weighted by molar-refractivity contribution is 4.79. The molecular formula is C14H31N3. The van der Waals surface area contributed by atoms with Crippen LogP contribution in [0, 0.1) is 5.92 Å². The number of nitrogens with zero attached hydrogens (tertiary/aromatic N) is 2. The second kappa shape index (κ2) is 8.06. The molecule has 2 N–H and O–H groups in total. The third-order valence-corrected chi connectivity index (χ3v) is 3.95. The van der Waals surface area contributed by atoms with Crippen molar-refractivity contribution in [3.63, 3.8) is 0 Å². The molecule has 1 saturated heterocycles. The molecule has 1 aliphatic heterocycles. The number of piperidine rings is 1. The first-order valence-corrected chi connectivity index (χ1v) is 7.26. The van der Waals surface area contributed by atoms with Gasteiger partial charge in [0.05, 0.1) is 0 Å². The topological polar surface area (TPSA) is 32.5 Å². The minimum absolute atomic E-state index is 0.634. The number of hydrogen-bond acceptors (Lipinski definition) is 3. The molecule has 0 aromatic rings. The Morgan fingerprint density at radius 3 is 2.41 bits per heavy atom. The van der Waals surface area contributed by atoms with Crippen LogP contribution in [0.4, 0.5) is 0 Å². The van der Waals surface area contributed by atoms with Gasteiger partial charge in [-0.2, -0.15) is 0 Å². The average molecular weight is 241 g/mol. The van der Waals surface area contributed by atoms with Gasteiger partial charge in [-0.05, 0) is 52.4 Å². The second-order valence-corrected chi connectivity index (χ2v) is 5.77. The standard InChI is InChI=1S/C14H31N3/c1-4-5-6-14(11-15)17-9-7-13(8-10-17)12-16(2)3/h13-14H,4-12,15H2,1-3H3. The fourth-order valence-corrected chi connectivity index (χ4v) is 2.91. The minimum Gasteiger partial charge on any atom is -0.329 e. The molecule has 1 heterocycles. The highest BCUT2D eigenvalue weighted by Crippen LogP contribution is 2.21. The van der Waals surface area contributed by atoms with Crippen LogP contribution in [0.25, 0.3) is 0 Å². The highest BCUT2D eigenvalue weighted by Gasteiger charge is 2.24.